The Kier molecular flexibility index (Phi) is 25.5. The number of hydrogen-bond donors (Lipinski definition) is 0. The predicted octanol–water partition coefficient (Wildman–Crippen LogP) is 35.3. The number of rotatable bonds is 21. The maximum Gasteiger partial charge on any atom is 0.0973 e. The Bertz CT molecular complexity index is 8390. The van der Waals surface area contributed by atoms with Crippen LogP contribution in [0.1, 0.15) is 0 Å². The van der Waals surface area contributed by atoms with Gasteiger partial charge in [-0.05, 0) is 218 Å². The molecule has 9 heteroatoms. The van der Waals surface area contributed by atoms with E-state index in [0.717, 1.165) is 157 Å². The van der Waals surface area contributed by atoms with Gasteiger partial charge < -0.3 is 14.7 Å². The number of aromatic nitrogens is 6. The van der Waals surface area contributed by atoms with Gasteiger partial charge in [-0.3, -0.25) is 0 Å². The maximum absolute atomic E-state index is 5.11. The van der Waals surface area contributed by atoms with Gasteiger partial charge in [0.1, 0.15) is 0 Å². The van der Waals surface area contributed by atoms with E-state index in [-0.39, 0.29) is 0 Å². The van der Waals surface area contributed by atoms with E-state index in [0.29, 0.717) is 0 Å². The quantitative estimate of drug-likeness (QED) is 0.0698. The van der Waals surface area contributed by atoms with Gasteiger partial charge in [-0.1, -0.05) is 413 Å². The summed E-state index contributed by atoms with van der Waals surface area (Å²) < 4.78 is 0. The lowest BCUT2D eigenvalue weighted by Crippen LogP contribution is -2.09. The molecular formula is C132H93N9. The molecular weight excluding hydrogens is 1710 g/mol. The van der Waals surface area contributed by atoms with Crippen LogP contribution >= 0.6 is 0 Å². The molecule has 0 bridgehead atoms. The number of anilines is 9. The Balaban J connectivity index is 0.000000121. The predicted molar refractivity (Wildman–Crippen MR) is 588 cm³/mol. The Morgan fingerprint density at radius 3 is 0.553 bits per heavy atom. The van der Waals surface area contributed by atoms with Crippen LogP contribution in [0.4, 0.5) is 51.2 Å². The van der Waals surface area contributed by atoms with Crippen molar-refractivity contribution in [3.05, 3.63) is 564 Å². The summed E-state index contributed by atoms with van der Waals surface area (Å²) in [6.07, 6.45) is 0. The van der Waals surface area contributed by atoms with E-state index in [1.165, 1.54) is 61.2 Å². The van der Waals surface area contributed by atoms with Crippen LogP contribution in [0, 0.1) is 0 Å². The highest BCUT2D eigenvalue weighted by Gasteiger charge is 2.23. The zero-order valence-corrected chi connectivity index (χ0v) is 77.2. The van der Waals surface area contributed by atoms with Gasteiger partial charge in [-0.25, -0.2) is 29.9 Å². The Labute approximate surface area is 821 Å². The maximum atomic E-state index is 5.11. The molecule has 24 rings (SSSR count). The molecule has 0 unspecified atom stereocenters. The van der Waals surface area contributed by atoms with E-state index in [1.54, 1.807) is 0 Å². The van der Waals surface area contributed by atoms with Crippen molar-refractivity contribution in [2.75, 3.05) is 14.7 Å². The molecule has 24 aromatic rings. The van der Waals surface area contributed by atoms with Gasteiger partial charge >= 0.3 is 0 Å². The minimum Gasteiger partial charge on any atom is -0.311 e. The molecule has 3 aromatic heterocycles. The average molecular weight is 1810 g/mol. The lowest BCUT2D eigenvalue weighted by atomic mass is 9.94. The first-order valence-corrected chi connectivity index (χ1v) is 47.5. The molecule has 3 heterocycles. The summed E-state index contributed by atoms with van der Waals surface area (Å²) in [5.41, 5.74) is 40.8. The molecule has 0 radical (unpaired) electrons. The van der Waals surface area contributed by atoms with Gasteiger partial charge in [-0.2, -0.15) is 0 Å². The molecule has 0 saturated heterocycles. The first-order valence-electron chi connectivity index (χ1n) is 47.5. The zero-order chi connectivity index (χ0) is 94.3. The summed E-state index contributed by atoms with van der Waals surface area (Å²) in [7, 11) is 0. The second-order valence-electron chi connectivity index (χ2n) is 34.4. The van der Waals surface area contributed by atoms with E-state index in [1.807, 2.05) is 127 Å². The summed E-state index contributed by atoms with van der Waals surface area (Å²) in [6.45, 7) is 0. The van der Waals surface area contributed by atoms with Crippen LogP contribution in [-0.2, 0) is 0 Å². The van der Waals surface area contributed by atoms with E-state index < -0.39 is 0 Å². The molecule has 666 valence electrons. The highest BCUT2D eigenvalue weighted by atomic mass is 15.2. The Morgan fingerprint density at radius 2 is 0.255 bits per heavy atom. The van der Waals surface area contributed by atoms with Crippen molar-refractivity contribution in [2.24, 2.45) is 0 Å². The zero-order valence-electron chi connectivity index (χ0n) is 77.2. The Hall–Kier alpha value is -19.0. The molecule has 0 saturated carbocycles. The van der Waals surface area contributed by atoms with E-state index in [4.69, 9.17) is 29.9 Å². The molecule has 0 N–H and O–H groups in total. The monoisotopic (exact) mass is 1800 g/mol. The van der Waals surface area contributed by atoms with Gasteiger partial charge in [0, 0.05) is 84.6 Å². The van der Waals surface area contributed by atoms with Crippen molar-refractivity contribution in [1.29, 1.82) is 0 Å². The fourth-order valence-corrected chi connectivity index (χ4v) is 18.4. The van der Waals surface area contributed by atoms with Crippen molar-refractivity contribution in [1.82, 2.24) is 29.9 Å². The summed E-state index contributed by atoms with van der Waals surface area (Å²) in [5, 5.41) is 0. The number of fused-ring (bicyclic) bond motifs is 3. The second-order valence-corrected chi connectivity index (χ2v) is 34.4. The van der Waals surface area contributed by atoms with Crippen LogP contribution in [0.15, 0.2) is 564 Å². The highest BCUT2D eigenvalue weighted by molar-refractivity contribution is 5.94. The molecule has 9 nitrogen and oxygen atoms in total. The molecule has 0 aliphatic carbocycles. The smallest absolute Gasteiger partial charge is 0.0973 e. The first-order chi connectivity index (χ1) is 69.9. The minimum atomic E-state index is 0.869. The third-order valence-corrected chi connectivity index (χ3v) is 25.4. The molecule has 0 amide bonds. The van der Waals surface area contributed by atoms with Crippen LogP contribution in [0.25, 0.3) is 167 Å². The summed E-state index contributed by atoms with van der Waals surface area (Å²) in [4.78, 5) is 37.4. The van der Waals surface area contributed by atoms with Crippen LogP contribution in [0.2, 0.25) is 0 Å². The van der Waals surface area contributed by atoms with E-state index in [2.05, 4.69) is 451 Å². The normalized spacial score (nSPS) is 11.0. The molecule has 0 spiro atoms. The second kappa shape index (κ2) is 41.1. The van der Waals surface area contributed by atoms with Gasteiger partial charge in [0.05, 0.1) is 67.3 Å². The molecule has 0 fully saturated rings. The molecule has 0 aliphatic rings. The Morgan fingerprint density at radius 1 is 0.0993 bits per heavy atom. The number of nitrogens with zero attached hydrogens (tertiary/aromatic N) is 9. The van der Waals surface area contributed by atoms with Crippen molar-refractivity contribution in [3.63, 3.8) is 0 Å². The van der Waals surface area contributed by atoms with Gasteiger partial charge in [0.25, 0.3) is 0 Å². The lowest BCUT2D eigenvalue weighted by Gasteiger charge is -2.26. The lowest BCUT2D eigenvalue weighted by molar-refractivity contribution is 1.27. The van der Waals surface area contributed by atoms with Gasteiger partial charge in [0.2, 0.25) is 0 Å². The van der Waals surface area contributed by atoms with Crippen LogP contribution in [0.5, 0.6) is 0 Å². The van der Waals surface area contributed by atoms with E-state index in [9.17, 15) is 0 Å². The van der Waals surface area contributed by atoms with Crippen LogP contribution in [0.3, 0.4) is 0 Å². The van der Waals surface area contributed by atoms with Crippen LogP contribution in [-0.4, -0.2) is 29.9 Å². The number of hydrogen-bond acceptors (Lipinski definition) is 9. The van der Waals surface area contributed by atoms with Crippen molar-refractivity contribution in [3.8, 4) is 134 Å². The molecule has 141 heavy (non-hydrogen) atoms. The number of para-hydroxylation sites is 9. The van der Waals surface area contributed by atoms with E-state index >= 15 is 0 Å². The first kappa shape index (κ1) is 87.4. The van der Waals surface area contributed by atoms with Gasteiger partial charge in [0.15, 0.2) is 0 Å². The molecule has 0 atom stereocenters. The topological polar surface area (TPSA) is 87.1 Å². The summed E-state index contributed by atoms with van der Waals surface area (Å²) in [6, 6.07) is 197. The number of benzene rings is 21. The van der Waals surface area contributed by atoms with Crippen molar-refractivity contribution in [2.45, 2.75) is 0 Å². The summed E-state index contributed by atoms with van der Waals surface area (Å²) >= 11 is 0. The third kappa shape index (κ3) is 19.4. The fourth-order valence-electron chi connectivity index (χ4n) is 18.4. The van der Waals surface area contributed by atoms with Gasteiger partial charge in [-0.15, -0.1) is 0 Å². The standard InChI is InChI=1S/3C44H31N3/c1-4-14-32(15-5-1)35-18-12-19-36(30-35)37-20-13-23-40(31-37)47(38-21-8-3-9-22-38)39-28-26-34(27-29-39)44-43(33-16-6-2-7-17-33)45-41-24-10-11-25-42(41)46-44;1-4-14-32(15-5-1)39-20-10-11-21-40(39)33-24-28-37(29-25-33)47(36-18-8-3-9-19-36)38-30-26-35(27-31-38)44-43(34-16-6-2-7-17-34)45-41-22-12-13-23-42(41)46-44;1-4-13-32(14-5-1)33-23-25-34(26-24-33)37-17-12-20-40(31-37)47(38-18-8-3-9-19-38)39-29-27-36(28-30-39)44-43(35-15-6-2-7-16-35)45-41-21-10-11-22-42(41)46-44/h3*1-31H. The fraction of sp³-hybridized carbons (Fsp3) is 0. The third-order valence-electron chi connectivity index (χ3n) is 25.4. The minimum absolute atomic E-state index is 0.869. The van der Waals surface area contributed by atoms with Crippen molar-refractivity contribution < 1.29 is 0 Å². The highest BCUT2D eigenvalue weighted by Crippen LogP contribution is 2.45. The van der Waals surface area contributed by atoms with Crippen molar-refractivity contribution >= 4 is 84.3 Å². The van der Waals surface area contributed by atoms with Crippen LogP contribution < -0.4 is 14.7 Å². The SMILES string of the molecule is c1ccc(-c2ccc(-c3cccc(N(c4ccccc4)c4ccc(-c5nc6ccccc6nc5-c5ccccc5)cc4)c3)cc2)cc1.c1ccc(-c2cccc(-c3cccc(N(c4ccccc4)c4ccc(-c5nc6ccccc6nc5-c5ccccc5)cc4)c3)c2)cc1.c1ccc(-c2ccccc2-c2ccc(N(c3ccccc3)c3ccc(-c4nc5ccccc5nc4-c4ccccc4)cc3)cc2)cc1. The average Bonchev–Trinajstić information content (AvgIpc) is 0.778. The molecule has 21 aromatic carbocycles. The largest absolute Gasteiger partial charge is 0.311 e. The summed E-state index contributed by atoms with van der Waals surface area (Å²) in [5.74, 6) is 0. The molecule has 0 aliphatic heterocycles.